The third kappa shape index (κ3) is 3.79. The van der Waals surface area contributed by atoms with E-state index in [4.69, 9.17) is 10.5 Å². The van der Waals surface area contributed by atoms with E-state index in [-0.39, 0.29) is 26.2 Å². The number of anilines is 2. The summed E-state index contributed by atoms with van der Waals surface area (Å²) in [6, 6.07) is 3.53. The molecule has 1 amide bonds. The first-order valence-electron chi connectivity index (χ1n) is 8.28. The van der Waals surface area contributed by atoms with Gasteiger partial charge in [-0.05, 0) is 6.07 Å². The van der Waals surface area contributed by atoms with E-state index in [1.54, 1.807) is 30.1 Å². The van der Waals surface area contributed by atoms with Crippen molar-refractivity contribution in [3.63, 3.8) is 0 Å². The number of piperazine rings is 1. The zero-order valence-electron chi connectivity index (χ0n) is 15.0. The van der Waals surface area contributed by atoms with E-state index >= 15 is 0 Å². The Morgan fingerprint density at radius 1 is 1.22 bits per heavy atom. The molecule has 0 unspecified atom stereocenters. The van der Waals surface area contributed by atoms with Crippen LogP contribution in [-0.2, 0) is 11.8 Å². The number of methoxy groups -OCH3 is 1. The zero-order valence-corrected chi connectivity index (χ0v) is 15.0. The summed E-state index contributed by atoms with van der Waals surface area (Å²) >= 11 is 0. The first-order chi connectivity index (χ1) is 12.7. The Morgan fingerprint density at radius 2 is 1.89 bits per heavy atom. The number of halogens is 3. The molecule has 1 aliphatic rings. The fraction of sp³-hybridized carbons (Fsp3) is 0.412. The van der Waals surface area contributed by atoms with Crippen LogP contribution in [0.4, 0.5) is 24.5 Å². The molecular formula is C17H20F3N5O2. The molecule has 146 valence electrons. The number of nitrogen functional groups attached to an aromatic ring is 1. The minimum absolute atomic E-state index is 0.0164. The number of amides is 1. The number of nitrogens with two attached hydrogens (primary N) is 1. The van der Waals surface area contributed by atoms with Gasteiger partial charge >= 0.3 is 12.1 Å². The maximum Gasteiger partial charge on any atom is 0.471 e. The second-order valence-electron chi connectivity index (χ2n) is 6.29. The number of nitrogens with zero attached hydrogens (tertiary/aromatic N) is 4. The minimum Gasteiger partial charge on any atom is -0.495 e. The highest BCUT2D eigenvalue weighted by Crippen LogP contribution is 2.38. The van der Waals surface area contributed by atoms with E-state index in [0.717, 1.165) is 21.7 Å². The highest BCUT2D eigenvalue weighted by atomic mass is 19.4. The van der Waals surface area contributed by atoms with Gasteiger partial charge in [-0.2, -0.15) is 18.3 Å². The van der Waals surface area contributed by atoms with Crippen LogP contribution in [-0.4, -0.2) is 60.1 Å². The van der Waals surface area contributed by atoms with Crippen LogP contribution in [0, 0.1) is 0 Å². The molecule has 1 aliphatic heterocycles. The van der Waals surface area contributed by atoms with Gasteiger partial charge in [0.05, 0.1) is 19.0 Å². The minimum atomic E-state index is -4.85. The molecule has 27 heavy (non-hydrogen) atoms. The molecule has 10 heteroatoms. The van der Waals surface area contributed by atoms with Gasteiger partial charge in [0.1, 0.15) is 5.75 Å². The topological polar surface area (TPSA) is 76.6 Å². The van der Waals surface area contributed by atoms with Crippen molar-refractivity contribution in [3.8, 4) is 16.9 Å². The Bertz CT molecular complexity index is 842. The number of benzene rings is 1. The molecule has 0 aliphatic carbocycles. The second kappa shape index (κ2) is 7.01. The third-order valence-corrected chi connectivity index (χ3v) is 4.51. The van der Waals surface area contributed by atoms with Gasteiger partial charge in [0.15, 0.2) is 0 Å². The van der Waals surface area contributed by atoms with E-state index < -0.39 is 12.1 Å². The Kier molecular flexibility index (Phi) is 4.90. The maximum atomic E-state index is 12.6. The number of aryl methyl sites for hydroxylation is 1. The molecule has 3 rings (SSSR count). The number of alkyl halides is 3. The number of carbonyl (C=O) groups is 1. The molecule has 0 radical (unpaired) electrons. The summed E-state index contributed by atoms with van der Waals surface area (Å²) in [6.45, 7) is 0.499. The van der Waals surface area contributed by atoms with Gasteiger partial charge in [0.25, 0.3) is 0 Å². The van der Waals surface area contributed by atoms with Crippen molar-refractivity contribution in [2.75, 3.05) is 43.9 Å². The predicted octanol–water partition coefficient (Wildman–Crippen LogP) is 1.89. The van der Waals surface area contributed by atoms with Gasteiger partial charge in [-0.3, -0.25) is 9.48 Å². The van der Waals surface area contributed by atoms with Gasteiger partial charge in [0, 0.05) is 62.3 Å². The molecule has 1 aromatic heterocycles. The lowest BCUT2D eigenvalue weighted by molar-refractivity contribution is -0.185. The molecule has 1 fully saturated rings. The maximum absolute atomic E-state index is 12.6. The molecule has 2 aromatic rings. The van der Waals surface area contributed by atoms with Crippen molar-refractivity contribution in [2.24, 2.45) is 7.05 Å². The van der Waals surface area contributed by atoms with E-state index in [1.807, 2.05) is 11.1 Å². The summed E-state index contributed by atoms with van der Waals surface area (Å²) in [7, 11) is 3.29. The summed E-state index contributed by atoms with van der Waals surface area (Å²) in [5, 5.41) is 4.16. The summed E-state index contributed by atoms with van der Waals surface area (Å²) in [5.74, 6) is -1.32. The normalized spacial score (nSPS) is 15.1. The van der Waals surface area contributed by atoms with Crippen LogP contribution in [0.15, 0.2) is 24.5 Å². The van der Waals surface area contributed by atoms with Crippen molar-refractivity contribution < 1.29 is 22.7 Å². The van der Waals surface area contributed by atoms with Crippen molar-refractivity contribution in [1.29, 1.82) is 0 Å². The van der Waals surface area contributed by atoms with E-state index in [0.29, 0.717) is 11.4 Å². The predicted molar refractivity (Wildman–Crippen MR) is 94.5 cm³/mol. The van der Waals surface area contributed by atoms with Crippen molar-refractivity contribution in [2.45, 2.75) is 6.18 Å². The molecule has 0 bridgehead atoms. The molecule has 7 nitrogen and oxygen atoms in total. The zero-order chi connectivity index (χ0) is 19.8. The first kappa shape index (κ1) is 18.9. The largest absolute Gasteiger partial charge is 0.495 e. The number of rotatable bonds is 3. The number of hydrogen-bond donors (Lipinski definition) is 1. The molecule has 2 N–H and O–H groups in total. The lowest BCUT2D eigenvalue weighted by Crippen LogP contribution is -2.52. The molecule has 0 spiro atoms. The fourth-order valence-corrected chi connectivity index (χ4v) is 3.15. The smallest absolute Gasteiger partial charge is 0.471 e. The molecule has 1 aromatic carbocycles. The van der Waals surface area contributed by atoms with Crippen molar-refractivity contribution in [1.82, 2.24) is 14.7 Å². The average Bonchev–Trinajstić information content (AvgIpc) is 3.06. The van der Waals surface area contributed by atoms with Crippen LogP contribution in [0.3, 0.4) is 0 Å². The fourth-order valence-electron chi connectivity index (χ4n) is 3.15. The average molecular weight is 383 g/mol. The molecular weight excluding hydrogens is 363 g/mol. The molecule has 1 saturated heterocycles. The molecule has 0 atom stereocenters. The molecule has 0 saturated carbocycles. The van der Waals surface area contributed by atoms with Crippen LogP contribution < -0.4 is 15.4 Å². The summed E-state index contributed by atoms with van der Waals surface area (Å²) in [6.07, 6.45) is -1.34. The Balaban J connectivity index is 1.89. The lowest BCUT2D eigenvalue weighted by Gasteiger charge is -2.37. The van der Waals surface area contributed by atoms with Crippen LogP contribution in [0.2, 0.25) is 0 Å². The van der Waals surface area contributed by atoms with Crippen LogP contribution in [0.1, 0.15) is 0 Å². The monoisotopic (exact) mass is 383 g/mol. The highest BCUT2D eigenvalue weighted by Gasteiger charge is 2.43. The van der Waals surface area contributed by atoms with Gasteiger partial charge in [0.2, 0.25) is 0 Å². The Hall–Kier alpha value is -2.91. The lowest BCUT2D eigenvalue weighted by atomic mass is 10.0. The van der Waals surface area contributed by atoms with Crippen LogP contribution >= 0.6 is 0 Å². The quantitative estimate of drug-likeness (QED) is 0.820. The second-order valence-corrected chi connectivity index (χ2v) is 6.29. The van der Waals surface area contributed by atoms with Gasteiger partial charge in [-0.1, -0.05) is 0 Å². The standard InChI is InChI=1S/C17H20F3N5O2/c1-23-10-11(9-22-23)12-7-13(21)15(27-2)8-14(12)24-3-5-25(6-4-24)16(26)17(18,19)20/h7-10H,3-6,21H2,1-2H3. The van der Waals surface area contributed by atoms with E-state index in [9.17, 15) is 18.0 Å². The summed E-state index contributed by atoms with van der Waals surface area (Å²) in [4.78, 5) is 14.2. The van der Waals surface area contributed by atoms with E-state index in [1.165, 1.54) is 7.11 Å². The first-order valence-corrected chi connectivity index (χ1v) is 8.28. The SMILES string of the molecule is COc1cc(N2CCN(C(=O)C(F)(F)F)CC2)c(-c2cnn(C)c2)cc1N. The van der Waals surface area contributed by atoms with Gasteiger partial charge in [-0.15, -0.1) is 0 Å². The van der Waals surface area contributed by atoms with Crippen LogP contribution in [0.25, 0.3) is 11.1 Å². The molecule has 2 heterocycles. The summed E-state index contributed by atoms with van der Waals surface area (Å²) < 4.78 is 44.9. The van der Waals surface area contributed by atoms with Gasteiger partial charge < -0.3 is 20.3 Å². The number of hydrogen-bond acceptors (Lipinski definition) is 5. The van der Waals surface area contributed by atoms with E-state index in [2.05, 4.69) is 5.10 Å². The Labute approximate surface area is 154 Å². The summed E-state index contributed by atoms with van der Waals surface area (Å²) in [5.41, 5.74) is 8.89. The van der Waals surface area contributed by atoms with Gasteiger partial charge in [-0.25, -0.2) is 0 Å². The third-order valence-electron chi connectivity index (χ3n) is 4.51. The number of ether oxygens (including phenoxy) is 1. The van der Waals surface area contributed by atoms with Crippen molar-refractivity contribution >= 4 is 17.3 Å². The number of aromatic nitrogens is 2. The van der Waals surface area contributed by atoms with Crippen LogP contribution in [0.5, 0.6) is 5.75 Å². The number of carbonyl (C=O) groups excluding carboxylic acids is 1. The Morgan fingerprint density at radius 3 is 2.41 bits per heavy atom. The van der Waals surface area contributed by atoms with Crippen molar-refractivity contribution in [3.05, 3.63) is 24.5 Å². The highest BCUT2D eigenvalue weighted by molar-refractivity contribution is 5.85.